The maximum atomic E-state index is 9.54. The first kappa shape index (κ1) is 8.45. The molecule has 0 bridgehead atoms. The lowest BCUT2D eigenvalue weighted by molar-refractivity contribution is 0.212. The molecule has 0 fully saturated rings. The molecule has 0 aliphatic heterocycles. The average molecular weight is 175 g/mol. The molecule has 0 saturated carbocycles. The van der Waals surface area contributed by atoms with Gasteiger partial charge in [-0.05, 0) is 43.0 Å². The fraction of sp³-hybridized carbons (Fsp3) is 0.364. The van der Waals surface area contributed by atoms with Crippen LogP contribution >= 0.6 is 0 Å². The van der Waals surface area contributed by atoms with Gasteiger partial charge in [0.15, 0.2) is 0 Å². The molecular formula is C11H13NO. The number of nitrogens with zero attached hydrogens (tertiary/aromatic N) is 1. The Morgan fingerprint density at radius 3 is 2.85 bits per heavy atom. The van der Waals surface area contributed by atoms with Gasteiger partial charge in [0.2, 0.25) is 0 Å². The van der Waals surface area contributed by atoms with Crippen LogP contribution in [-0.4, -0.2) is 16.2 Å². The van der Waals surface area contributed by atoms with Crippen LogP contribution in [0.1, 0.15) is 25.5 Å². The van der Waals surface area contributed by atoms with Crippen LogP contribution in [0.25, 0.3) is 5.57 Å². The first-order valence-electron chi connectivity index (χ1n) is 4.58. The molecule has 0 radical (unpaired) electrons. The van der Waals surface area contributed by atoms with Crippen LogP contribution in [0, 0.1) is 0 Å². The van der Waals surface area contributed by atoms with Crippen molar-refractivity contribution in [3.05, 3.63) is 35.7 Å². The van der Waals surface area contributed by atoms with Gasteiger partial charge in [0.05, 0.1) is 11.8 Å². The normalized spacial score (nSPS) is 22.5. The largest absolute Gasteiger partial charge is 0.389 e. The van der Waals surface area contributed by atoms with Crippen LogP contribution in [0.4, 0.5) is 0 Å². The van der Waals surface area contributed by atoms with Crippen LogP contribution in [0.2, 0.25) is 0 Å². The van der Waals surface area contributed by atoms with Crippen molar-refractivity contribution in [2.24, 2.45) is 0 Å². The Kier molecular flexibility index (Phi) is 2.15. The smallest absolute Gasteiger partial charge is 0.0757 e. The van der Waals surface area contributed by atoms with Gasteiger partial charge in [-0.2, -0.15) is 0 Å². The lowest BCUT2D eigenvalue weighted by Gasteiger charge is -2.03. The lowest BCUT2D eigenvalue weighted by atomic mass is 10.1. The highest BCUT2D eigenvalue weighted by molar-refractivity contribution is 5.68. The second-order valence-corrected chi connectivity index (χ2v) is 3.43. The van der Waals surface area contributed by atoms with E-state index in [9.17, 15) is 5.11 Å². The molecule has 1 aliphatic carbocycles. The number of aliphatic hydroxyl groups excluding tert-OH is 1. The van der Waals surface area contributed by atoms with E-state index in [-0.39, 0.29) is 6.10 Å². The van der Waals surface area contributed by atoms with E-state index in [4.69, 9.17) is 0 Å². The number of aliphatic hydroxyl groups is 1. The van der Waals surface area contributed by atoms with Gasteiger partial charge in [-0.25, -0.2) is 0 Å². The topological polar surface area (TPSA) is 33.1 Å². The van der Waals surface area contributed by atoms with Gasteiger partial charge in [0.1, 0.15) is 0 Å². The fourth-order valence-electron chi connectivity index (χ4n) is 1.77. The Labute approximate surface area is 77.9 Å². The minimum atomic E-state index is -0.253. The molecule has 2 heteroatoms. The van der Waals surface area contributed by atoms with Crippen LogP contribution in [0.3, 0.4) is 0 Å². The van der Waals surface area contributed by atoms with Gasteiger partial charge in [0, 0.05) is 6.20 Å². The summed E-state index contributed by atoms with van der Waals surface area (Å²) in [5.74, 6) is 0. The Balaban J connectivity index is 2.38. The molecule has 0 spiro atoms. The van der Waals surface area contributed by atoms with Gasteiger partial charge in [-0.3, -0.25) is 4.98 Å². The fourth-order valence-corrected chi connectivity index (χ4v) is 1.77. The van der Waals surface area contributed by atoms with Crippen LogP contribution in [-0.2, 0) is 0 Å². The first-order valence-corrected chi connectivity index (χ1v) is 4.58. The summed E-state index contributed by atoms with van der Waals surface area (Å²) in [4.78, 5) is 4.28. The van der Waals surface area contributed by atoms with Crippen LogP contribution in [0.15, 0.2) is 30.0 Å². The standard InChI is InChI=1S/C11H13NO/c1-8-9(5-6-11(8)13)10-4-2-3-7-12-10/h2-4,7,11,13H,5-6H2,1H3. The molecule has 2 rings (SSSR count). The van der Waals surface area contributed by atoms with Gasteiger partial charge in [-0.15, -0.1) is 0 Å². The van der Waals surface area contributed by atoms with Crippen molar-refractivity contribution in [1.82, 2.24) is 4.98 Å². The SMILES string of the molecule is CC1=C(c2ccccn2)CCC1O. The quantitative estimate of drug-likeness (QED) is 0.708. The Bertz CT molecular complexity index is 329. The van der Waals surface area contributed by atoms with E-state index in [0.717, 1.165) is 24.1 Å². The monoisotopic (exact) mass is 175 g/mol. The van der Waals surface area contributed by atoms with E-state index < -0.39 is 0 Å². The lowest BCUT2D eigenvalue weighted by Crippen LogP contribution is -2.00. The van der Waals surface area contributed by atoms with Crippen molar-refractivity contribution in [2.75, 3.05) is 0 Å². The summed E-state index contributed by atoms with van der Waals surface area (Å²) in [6, 6.07) is 5.88. The maximum absolute atomic E-state index is 9.54. The number of rotatable bonds is 1. The summed E-state index contributed by atoms with van der Waals surface area (Å²) < 4.78 is 0. The van der Waals surface area contributed by atoms with Crippen molar-refractivity contribution in [1.29, 1.82) is 0 Å². The third kappa shape index (κ3) is 1.49. The number of hydrogen-bond acceptors (Lipinski definition) is 2. The zero-order valence-corrected chi connectivity index (χ0v) is 7.70. The highest BCUT2D eigenvalue weighted by atomic mass is 16.3. The zero-order valence-electron chi connectivity index (χ0n) is 7.70. The van der Waals surface area contributed by atoms with Crippen LogP contribution < -0.4 is 0 Å². The van der Waals surface area contributed by atoms with Crippen molar-refractivity contribution >= 4 is 5.57 Å². The van der Waals surface area contributed by atoms with Gasteiger partial charge in [-0.1, -0.05) is 6.07 Å². The third-order valence-corrected chi connectivity index (χ3v) is 2.62. The zero-order chi connectivity index (χ0) is 9.26. The Morgan fingerprint density at radius 1 is 1.46 bits per heavy atom. The molecule has 1 aromatic heterocycles. The molecule has 0 amide bonds. The molecule has 1 N–H and O–H groups in total. The van der Waals surface area contributed by atoms with Crippen LogP contribution in [0.5, 0.6) is 0 Å². The van der Waals surface area contributed by atoms with Gasteiger partial charge >= 0.3 is 0 Å². The second kappa shape index (κ2) is 3.30. The molecule has 2 nitrogen and oxygen atoms in total. The predicted octanol–water partition coefficient (Wildman–Crippen LogP) is 2.01. The van der Waals surface area contributed by atoms with Crippen molar-refractivity contribution in [3.63, 3.8) is 0 Å². The van der Waals surface area contributed by atoms with E-state index in [1.165, 1.54) is 5.57 Å². The number of aromatic nitrogens is 1. The molecule has 1 unspecified atom stereocenters. The van der Waals surface area contributed by atoms with Gasteiger partial charge in [0.25, 0.3) is 0 Å². The van der Waals surface area contributed by atoms with E-state index in [0.29, 0.717) is 0 Å². The van der Waals surface area contributed by atoms with Crippen molar-refractivity contribution < 1.29 is 5.11 Å². The van der Waals surface area contributed by atoms with E-state index >= 15 is 0 Å². The number of hydrogen-bond donors (Lipinski definition) is 1. The minimum Gasteiger partial charge on any atom is -0.389 e. The maximum Gasteiger partial charge on any atom is 0.0757 e. The average Bonchev–Trinajstić information content (AvgIpc) is 2.49. The summed E-state index contributed by atoms with van der Waals surface area (Å²) in [7, 11) is 0. The highest BCUT2D eigenvalue weighted by Gasteiger charge is 2.21. The molecular weight excluding hydrogens is 162 g/mol. The second-order valence-electron chi connectivity index (χ2n) is 3.43. The third-order valence-electron chi connectivity index (χ3n) is 2.62. The molecule has 1 heterocycles. The molecule has 1 aromatic rings. The summed E-state index contributed by atoms with van der Waals surface area (Å²) in [5.41, 5.74) is 3.31. The van der Waals surface area contributed by atoms with E-state index in [1.807, 2.05) is 25.1 Å². The Morgan fingerprint density at radius 2 is 2.31 bits per heavy atom. The molecule has 0 saturated heterocycles. The molecule has 0 aromatic carbocycles. The van der Waals surface area contributed by atoms with Gasteiger partial charge < -0.3 is 5.11 Å². The molecule has 13 heavy (non-hydrogen) atoms. The van der Waals surface area contributed by atoms with E-state index in [2.05, 4.69) is 4.98 Å². The summed E-state index contributed by atoms with van der Waals surface area (Å²) in [6.45, 7) is 1.99. The minimum absolute atomic E-state index is 0.253. The molecule has 1 atom stereocenters. The number of pyridine rings is 1. The van der Waals surface area contributed by atoms with E-state index in [1.54, 1.807) is 6.20 Å². The van der Waals surface area contributed by atoms with Crippen molar-refractivity contribution in [2.45, 2.75) is 25.9 Å². The molecule has 68 valence electrons. The number of allylic oxidation sites excluding steroid dienone is 1. The van der Waals surface area contributed by atoms with Crippen molar-refractivity contribution in [3.8, 4) is 0 Å². The summed E-state index contributed by atoms with van der Waals surface area (Å²) >= 11 is 0. The highest BCUT2D eigenvalue weighted by Crippen LogP contribution is 2.32. The molecule has 1 aliphatic rings. The Hall–Kier alpha value is -1.15. The summed E-state index contributed by atoms with van der Waals surface area (Å²) in [6.07, 6.45) is 3.33. The predicted molar refractivity (Wildman–Crippen MR) is 52.1 cm³/mol. The first-order chi connectivity index (χ1) is 6.29. The summed E-state index contributed by atoms with van der Waals surface area (Å²) in [5, 5.41) is 9.54.